The highest BCUT2D eigenvalue weighted by atomic mass is 79.9. The van der Waals surface area contributed by atoms with Gasteiger partial charge in [0.1, 0.15) is 11.6 Å². The second-order valence-corrected chi connectivity index (χ2v) is 5.67. The number of hydrogen-bond donors (Lipinski definition) is 2. The zero-order valence-corrected chi connectivity index (χ0v) is 13.9. The third kappa shape index (κ3) is 3.94. The fourth-order valence-electron chi connectivity index (χ4n) is 2.00. The number of phenols is 1. The van der Waals surface area contributed by atoms with Crippen LogP contribution in [0.1, 0.15) is 32.4 Å². The van der Waals surface area contributed by atoms with Crippen molar-refractivity contribution < 1.29 is 5.11 Å². The summed E-state index contributed by atoms with van der Waals surface area (Å²) < 4.78 is 0.945. The van der Waals surface area contributed by atoms with Crippen LogP contribution in [0.5, 0.6) is 5.75 Å². The second-order valence-electron chi connectivity index (χ2n) is 4.88. The zero-order chi connectivity index (χ0) is 15.2. The minimum atomic E-state index is 0.244. The van der Waals surface area contributed by atoms with Crippen LogP contribution in [-0.2, 0) is 6.42 Å². The molecule has 0 bridgehead atoms. The number of aromatic nitrogens is 2. The summed E-state index contributed by atoms with van der Waals surface area (Å²) in [6, 6.07) is 6.97. The van der Waals surface area contributed by atoms with Gasteiger partial charge in [-0.1, -0.05) is 20.3 Å². The van der Waals surface area contributed by atoms with Crippen molar-refractivity contribution in [3.63, 3.8) is 0 Å². The smallest absolute Gasteiger partial charge is 0.161 e. The lowest BCUT2D eigenvalue weighted by molar-refractivity contribution is 0.475. The normalized spacial score (nSPS) is 10.6. The number of hydrogen-bond acceptors (Lipinski definition) is 4. The van der Waals surface area contributed by atoms with Gasteiger partial charge in [-0.3, -0.25) is 0 Å². The summed E-state index contributed by atoms with van der Waals surface area (Å²) in [5.41, 5.74) is 1.91. The molecule has 112 valence electrons. The summed E-state index contributed by atoms with van der Waals surface area (Å²) in [7, 11) is 0. The molecule has 0 aliphatic heterocycles. The van der Waals surface area contributed by atoms with E-state index in [0.717, 1.165) is 47.4 Å². The zero-order valence-electron chi connectivity index (χ0n) is 12.4. The third-order valence-corrected chi connectivity index (χ3v) is 3.91. The Morgan fingerprint density at radius 1 is 1.10 bits per heavy atom. The van der Waals surface area contributed by atoms with E-state index < -0.39 is 0 Å². The van der Waals surface area contributed by atoms with E-state index in [-0.39, 0.29) is 5.75 Å². The van der Waals surface area contributed by atoms with Crippen molar-refractivity contribution in [3.8, 4) is 17.1 Å². The Kier molecular flexibility index (Phi) is 5.56. The van der Waals surface area contributed by atoms with E-state index in [0.29, 0.717) is 5.82 Å². The average Bonchev–Trinajstić information content (AvgIpc) is 2.49. The molecule has 0 fully saturated rings. The summed E-state index contributed by atoms with van der Waals surface area (Å²) in [5.74, 6) is 1.76. The number of aromatic hydroxyl groups is 1. The predicted molar refractivity (Wildman–Crippen MR) is 89.6 cm³/mol. The molecule has 21 heavy (non-hydrogen) atoms. The molecule has 4 nitrogen and oxygen atoms in total. The first kappa shape index (κ1) is 15.8. The minimum Gasteiger partial charge on any atom is -0.508 e. The van der Waals surface area contributed by atoms with Crippen LogP contribution in [0, 0.1) is 0 Å². The molecule has 1 aromatic carbocycles. The first-order chi connectivity index (χ1) is 10.2. The summed E-state index contributed by atoms with van der Waals surface area (Å²) in [6.07, 6.45) is 2.96. The lowest BCUT2D eigenvalue weighted by atomic mass is 10.2. The Hall–Kier alpha value is -1.62. The molecule has 0 aliphatic rings. The molecule has 0 amide bonds. The maximum absolute atomic E-state index is 9.40. The maximum atomic E-state index is 9.40. The van der Waals surface area contributed by atoms with Gasteiger partial charge in [-0.2, -0.15) is 0 Å². The number of halogens is 1. The molecule has 0 saturated heterocycles. The highest BCUT2D eigenvalue weighted by molar-refractivity contribution is 9.10. The van der Waals surface area contributed by atoms with Crippen molar-refractivity contribution in [2.24, 2.45) is 0 Å². The van der Waals surface area contributed by atoms with E-state index in [9.17, 15) is 5.11 Å². The lowest BCUT2D eigenvalue weighted by Gasteiger charge is -2.12. The van der Waals surface area contributed by atoms with E-state index >= 15 is 0 Å². The SMILES string of the molecule is CCCNc1nc(-c2ccc(O)cc2)nc(CCC)c1Br. The molecule has 5 heteroatoms. The molecule has 0 atom stereocenters. The lowest BCUT2D eigenvalue weighted by Crippen LogP contribution is -2.07. The molecular formula is C16H20BrN3O. The van der Waals surface area contributed by atoms with Crippen LogP contribution in [0.25, 0.3) is 11.4 Å². The fourth-order valence-corrected chi connectivity index (χ4v) is 2.51. The molecule has 0 radical (unpaired) electrons. The summed E-state index contributed by atoms with van der Waals surface area (Å²) in [6.45, 7) is 5.13. The van der Waals surface area contributed by atoms with Crippen LogP contribution >= 0.6 is 15.9 Å². The van der Waals surface area contributed by atoms with Gasteiger partial charge in [-0.25, -0.2) is 9.97 Å². The standard InChI is InChI=1S/C16H20BrN3O/c1-3-5-13-14(17)16(18-10-4-2)20-15(19-13)11-6-8-12(21)9-7-11/h6-9,21H,3-5,10H2,1-2H3,(H,18,19,20). The first-order valence-corrected chi connectivity index (χ1v) is 8.04. The van der Waals surface area contributed by atoms with Crippen molar-refractivity contribution in [2.75, 3.05) is 11.9 Å². The molecule has 2 rings (SSSR count). The number of nitrogens with zero attached hydrogens (tertiary/aromatic N) is 2. The molecule has 0 aliphatic carbocycles. The van der Waals surface area contributed by atoms with Crippen molar-refractivity contribution in [3.05, 3.63) is 34.4 Å². The summed E-state index contributed by atoms with van der Waals surface area (Å²) in [5, 5.41) is 12.7. The van der Waals surface area contributed by atoms with Gasteiger partial charge in [-0.05, 0) is 53.0 Å². The fraction of sp³-hybridized carbons (Fsp3) is 0.375. The van der Waals surface area contributed by atoms with Crippen LogP contribution in [-0.4, -0.2) is 21.6 Å². The van der Waals surface area contributed by atoms with E-state index in [4.69, 9.17) is 0 Å². The maximum Gasteiger partial charge on any atom is 0.161 e. The number of phenolic OH excluding ortho intramolecular Hbond substituents is 1. The quantitative estimate of drug-likeness (QED) is 0.811. The van der Waals surface area contributed by atoms with Crippen molar-refractivity contribution in [1.82, 2.24) is 9.97 Å². The summed E-state index contributed by atoms with van der Waals surface area (Å²) in [4.78, 5) is 9.25. The van der Waals surface area contributed by atoms with Gasteiger partial charge in [-0.15, -0.1) is 0 Å². The summed E-state index contributed by atoms with van der Waals surface area (Å²) >= 11 is 3.60. The topological polar surface area (TPSA) is 58.0 Å². The van der Waals surface area contributed by atoms with E-state index in [1.165, 1.54) is 0 Å². The molecule has 0 unspecified atom stereocenters. The monoisotopic (exact) mass is 349 g/mol. The van der Waals surface area contributed by atoms with Gasteiger partial charge in [0, 0.05) is 12.1 Å². The van der Waals surface area contributed by atoms with Gasteiger partial charge in [0.25, 0.3) is 0 Å². The van der Waals surface area contributed by atoms with Crippen molar-refractivity contribution >= 4 is 21.7 Å². The van der Waals surface area contributed by atoms with E-state index in [2.05, 4.69) is 45.1 Å². The predicted octanol–water partition coefficient (Wildman–Crippen LogP) is 4.39. The third-order valence-electron chi connectivity index (χ3n) is 3.07. The van der Waals surface area contributed by atoms with Crippen LogP contribution in [0.15, 0.2) is 28.7 Å². The Bertz CT molecular complexity index is 599. The molecule has 1 heterocycles. The second kappa shape index (κ2) is 7.41. The van der Waals surface area contributed by atoms with Crippen LogP contribution < -0.4 is 5.32 Å². The van der Waals surface area contributed by atoms with Gasteiger partial charge < -0.3 is 10.4 Å². The highest BCUT2D eigenvalue weighted by Gasteiger charge is 2.12. The Labute approximate surface area is 133 Å². The number of benzene rings is 1. The number of rotatable bonds is 6. The number of aryl methyl sites for hydroxylation is 1. The van der Waals surface area contributed by atoms with Gasteiger partial charge >= 0.3 is 0 Å². The van der Waals surface area contributed by atoms with Crippen LogP contribution in [0.4, 0.5) is 5.82 Å². The number of anilines is 1. The van der Waals surface area contributed by atoms with Crippen molar-refractivity contribution in [1.29, 1.82) is 0 Å². The number of nitrogens with one attached hydrogen (secondary N) is 1. The van der Waals surface area contributed by atoms with Crippen LogP contribution in [0.2, 0.25) is 0 Å². The molecule has 0 spiro atoms. The largest absolute Gasteiger partial charge is 0.508 e. The van der Waals surface area contributed by atoms with Gasteiger partial charge in [0.15, 0.2) is 5.82 Å². The Morgan fingerprint density at radius 3 is 2.43 bits per heavy atom. The van der Waals surface area contributed by atoms with Gasteiger partial charge in [0.05, 0.1) is 10.2 Å². The highest BCUT2D eigenvalue weighted by Crippen LogP contribution is 2.28. The molecular weight excluding hydrogens is 330 g/mol. The average molecular weight is 350 g/mol. The Balaban J connectivity index is 2.44. The van der Waals surface area contributed by atoms with Crippen LogP contribution in [0.3, 0.4) is 0 Å². The van der Waals surface area contributed by atoms with Crippen molar-refractivity contribution in [2.45, 2.75) is 33.1 Å². The molecule has 2 aromatic rings. The van der Waals surface area contributed by atoms with E-state index in [1.54, 1.807) is 12.1 Å². The molecule has 2 N–H and O–H groups in total. The minimum absolute atomic E-state index is 0.244. The molecule has 0 saturated carbocycles. The van der Waals surface area contributed by atoms with Gasteiger partial charge in [0.2, 0.25) is 0 Å². The van der Waals surface area contributed by atoms with E-state index in [1.807, 2.05) is 12.1 Å². The Morgan fingerprint density at radius 2 is 1.81 bits per heavy atom. The molecule has 1 aromatic heterocycles. The first-order valence-electron chi connectivity index (χ1n) is 7.25.